The third kappa shape index (κ3) is 5.05. The van der Waals surface area contributed by atoms with Gasteiger partial charge in [0.2, 0.25) is 0 Å². The van der Waals surface area contributed by atoms with Gasteiger partial charge in [-0.1, -0.05) is 66.3 Å². The fourth-order valence-electron chi connectivity index (χ4n) is 3.98. The van der Waals surface area contributed by atoms with Crippen LogP contribution in [0, 0.1) is 0 Å². The summed E-state index contributed by atoms with van der Waals surface area (Å²) >= 11 is 19.1. The predicted molar refractivity (Wildman–Crippen MR) is 128 cm³/mol. The number of carbonyl (C=O) groups is 1. The molecule has 0 radical (unpaired) electrons. The summed E-state index contributed by atoms with van der Waals surface area (Å²) in [6.07, 6.45) is 1.96. The van der Waals surface area contributed by atoms with Crippen LogP contribution in [0.5, 0.6) is 0 Å². The Morgan fingerprint density at radius 1 is 1.12 bits per heavy atom. The molecule has 1 saturated heterocycles. The van der Waals surface area contributed by atoms with Crippen LogP contribution < -0.4 is 5.43 Å². The summed E-state index contributed by atoms with van der Waals surface area (Å²) in [4.78, 5) is 18.3. The number of nitrogens with zero attached hydrogens (tertiary/aromatic N) is 3. The molecule has 0 bridgehead atoms. The van der Waals surface area contributed by atoms with Crippen molar-refractivity contribution in [3.05, 3.63) is 62.9 Å². The quantitative estimate of drug-likeness (QED) is 0.484. The normalized spacial score (nSPS) is 15.8. The Labute approximate surface area is 202 Å². The highest BCUT2D eigenvalue weighted by molar-refractivity contribution is 6.42. The molecular weight excluding hydrogens is 471 g/mol. The zero-order chi connectivity index (χ0) is 22.7. The zero-order valence-electron chi connectivity index (χ0n) is 17.8. The summed E-state index contributed by atoms with van der Waals surface area (Å²) in [6, 6.07) is 10.7. The third-order valence-corrected chi connectivity index (χ3v) is 6.66. The highest BCUT2D eigenvalue weighted by Gasteiger charge is 2.27. The molecule has 1 N–H and O–H groups in total. The second-order valence-electron chi connectivity index (χ2n) is 7.80. The average molecular weight is 496 g/mol. The molecule has 0 saturated carbocycles. The largest absolute Gasteiger partial charge is 0.379 e. The summed E-state index contributed by atoms with van der Waals surface area (Å²) in [5, 5.41) is 3.42. The SMILES string of the molecule is CCC[C@@H](C(=O)NN1CCOCC1)n1c(Cc2ccccc2Cl)nc2cc(Cl)c(Cl)cc21. The van der Waals surface area contributed by atoms with E-state index in [0.29, 0.717) is 59.7 Å². The highest BCUT2D eigenvalue weighted by Crippen LogP contribution is 2.33. The monoisotopic (exact) mass is 494 g/mol. The number of amides is 1. The van der Waals surface area contributed by atoms with Crippen molar-refractivity contribution in [1.82, 2.24) is 20.0 Å². The maximum absolute atomic E-state index is 13.4. The first kappa shape index (κ1) is 23.3. The molecule has 1 aliphatic rings. The van der Waals surface area contributed by atoms with E-state index in [-0.39, 0.29) is 5.91 Å². The van der Waals surface area contributed by atoms with Crippen molar-refractivity contribution in [2.45, 2.75) is 32.2 Å². The molecule has 1 atom stereocenters. The van der Waals surface area contributed by atoms with Crippen molar-refractivity contribution in [3.63, 3.8) is 0 Å². The predicted octanol–water partition coefficient (Wildman–Crippen LogP) is 5.29. The first-order chi connectivity index (χ1) is 15.5. The van der Waals surface area contributed by atoms with E-state index in [9.17, 15) is 4.79 Å². The van der Waals surface area contributed by atoms with Gasteiger partial charge in [-0.3, -0.25) is 10.2 Å². The Bertz CT molecular complexity index is 1110. The maximum Gasteiger partial charge on any atom is 0.257 e. The Balaban J connectivity index is 1.78. The van der Waals surface area contributed by atoms with Gasteiger partial charge in [0.25, 0.3) is 5.91 Å². The van der Waals surface area contributed by atoms with Crippen molar-refractivity contribution in [2.75, 3.05) is 26.3 Å². The average Bonchev–Trinajstić information content (AvgIpc) is 3.11. The molecule has 0 aliphatic carbocycles. The van der Waals surface area contributed by atoms with E-state index in [4.69, 9.17) is 44.5 Å². The minimum absolute atomic E-state index is 0.0838. The summed E-state index contributed by atoms with van der Waals surface area (Å²) < 4.78 is 7.38. The molecule has 1 amide bonds. The molecule has 2 aromatic carbocycles. The molecule has 170 valence electrons. The molecule has 3 aromatic rings. The topological polar surface area (TPSA) is 59.4 Å². The summed E-state index contributed by atoms with van der Waals surface area (Å²) in [5.74, 6) is 0.654. The van der Waals surface area contributed by atoms with Gasteiger partial charge >= 0.3 is 0 Å². The number of rotatable bonds is 7. The van der Waals surface area contributed by atoms with Gasteiger partial charge in [-0.15, -0.1) is 0 Å². The molecular formula is C23H25Cl3N4O2. The number of hydrogen-bond acceptors (Lipinski definition) is 4. The minimum Gasteiger partial charge on any atom is -0.379 e. The Morgan fingerprint density at radius 3 is 2.56 bits per heavy atom. The number of benzene rings is 2. The number of imidazole rings is 1. The molecule has 6 nitrogen and oxygen atoms in total. The Kier molecular flexibility index (Phi) is 7.59. The second-order valence-corrected chi connectivity index (χ2v) is 9.02. The number of nitrogens with one attached hydrogen (secondary N) is 1. The number of carbonyl (C=O) groups excluding carboxylic acids is 1. The van der Waals surface area contributed by atoms with E-state index in [2.05, 4.69) is 12.3 Å². The first-order valence-electron chi connectivity index (χ1n) is 10.7. The zero-order valence-corrected chi connectivity index (χ0v) is 20.1. The first-order valence-corrected chi connectivity index (χ1v) is 11.8. The lowest BCUT2D eigenvalue weighted by atomic mass is 10.1. The Morgan fingerprint density at radius 2 is 1.84 bits per heavy atom. The lowest BCUT2D eigenvalue weighted by Crippen LogP contribution is -2.50. The Hall–Kier alpha value is -1.83. The van der Waals surface area contributed by atoms with Crippen LogP contribution in [0.2, 0.25) is 15.1 Å². The van der Waals surface area contributed by atoms with E-state index < -0.39 is 6.04 Å². The van der Waals surface area contributed by atoms with Crippen molar-refractivity contribution in [3.8, 4) is 0 Å². The van der Waals surface area contributed by atoms with E-state index in [1.54, 1.807) is 12.1 Å². The molecule has 4 rings (SSSR count). The van der Waals surface area contributed by atoms with Crippen LogP contribution in [-0.4, -0.2) is 46.8 Å². The van der Waals surface area contributed by atoms with Crippen LogP contribution in [0.15, 0.2) is 36.4 Å². The molecule has 1 fully saturated rings. The maximum atomic E-state index is 13.4. The van der Waals surface area contributed by atoms with Gasteiger partial charge in [0, 0.05) is 24.5 Å². The van der Waals surface area contributed by atoms with Crippen molar-refractivity contribution < 1.29 is 9.53 Å². The smallest absolute Gasteiger partial charge is 0.257 e. The number of ether oxygens (including phenoxy) is 1. The van der Waals surface area contributed by atoms with Gasteiger partial charge in [0.15, 0.2) is 0 Å². The number of fused-ring (bicyclic) bond motifs is 1. The van der Waals surface area contributed by atoms with Gasteiger partial charge in [-0.2, -0.15) is 0 Å². The molecule has 2 heterocycles. The molecule has 9 heteroatoms. The lowest BCUT2D eigenvalue weighted by molar-refractivity contribution is -0.131. The molecule has 32 heavy (non-hydrogen) atoms. The highest BCUT2D eigenvalue weighted by atomic mass is 35.5. The number of hydrogen-bond donors (Lipinski definition) is 1. The minimum atomic E-state index is -0.456. The molecule has 1 aliphatic heterocycles. The van der Waals surface area contributed by atoms with Gasteiger partial charge in [0.1, 0.15) is 11.9 Å². The van der Waals surface area contributed by atoms with Gasteiger partial charge in [0.05, 0.1) is 34.3 Å². The molecule has 0 unspecified atom stereocenters. The third-order valence-electron chi connectivity index (χ3n) is 5.57. The van der Waals surface area contributed by atoms with Crippen molar-refractivity contribution >= 4 is 51.7 Å². The van der Waals surface area contributed by atoms with Crippen molar-refractivity contribution in [1.29, 1.82) is 0 Å². The molecule has 0 spiro atoms. The van der Waals surface area contributed by atoms with E-state index in [1.807, 2.05) is 33.8 Å². The second kappa shape index (κ2) is 10.4. The van der Waals surface area contributed by atoms with E-state index in [1.165, 1.54) is 0 Å². The van der Waals surface area contributed by atoms with Crippen LogP contribution in [0.3, 0.4) is 0 Å². The van der Waals surface area contributed by atoms with Gasteiger partial charge in [-0.25, -0.2) is 9.99 Å². The van der Waals surface area contributed by atoms with Crippen LogP contribution in [0.25, 0.3) is 11.0 Å². The van der Waals surface area contributed by atoms with Crippen LogP contribution in [0.1, 0.15) is 37.2 Å². The molecule has 1 aromatic heterocycles. The summed E-state index contributed by atoms with van der Waals surface area (Å²) in [7, 11) is 0. The van der Waals surface area contributed by atoms with Crippen molar-refractivity contribution in [2.24, 2.45) is 0 Å². The number of hydrazine groups is 1. The number of aromatic nitrogens is 2. The van der Waals surface area contributed by atoms with Gasteiger partial charge in [-0.05, 0) is 30.2 Å². The lowest BCUT2D eigenvalue weighted by Gasteiger charge is -2.30. The summed E-state index contributed by atoms with van der Waals surface area (Å²) in [6.45, 7) is 4.56. The van der Waals surface area contributed by atoms with Crippen LogP contribution in [0.4, 0.5) is 0 Å². The number of morpholine rings is 1. The fraction of sp³-hybridized carbons (Fsp3) is 0.391. The van der Waals surface area contributed by atoms with E-state index in [0.717, 1.165) is 23.3 Å². The van der Waals surface area contributed by atoms with Crippen LogP contribution >= 0.6 is 34.8 Å². The fourth-order valence-corrected chi connectivity index (χ4v) is 4.50. The van der Waals surface area contributed by atoms with E-state index >= 15 is 0 Å². The standard InChI is InChI=1S/C23H25Cl3N4O2/c1-2-5-20(23(31)28-29-8-10-32-11-9-29)30-21-14-18(26)17(25)13-19(21)27-22(30)12-15-6-3-4-7-16(15)24/h3-4,6-7,13-14,20H,2,5,8-12H2,1H3,(H,28,31)/t20-/m0/s1. The van der Waals surface area contributed by atoms with Gasteiger partial charge < -0.3 is 9.30 Å². The number of halogens is 3. The summed E-state index contributed by atoms with van der Waals surface area (Å²) in [5.41, 5.74) is 5.47. The van der Waals surface area contributed by atoms with Crippen LogP contribution in [-0.2, 0) is 16.0 Å².